The molecule has 2 aromatic carbocycles. The lowest BCUT2D eigenvalue weighted by molar-refractivity contribution is -0.115. The maximum absolute atomic E-state index is 16.0. The maximum Gasteiger partial charge on any atom is 0.338 e. The van der Waals surface area contributed by atoms with Crippen LogP contribution in [-0.2, 0) is 19.0 Å². The van der Waals surface area contributed by atoms with Crippen LogP contribution in [0.15, 0.2) is 73.3 Å². The zero-order valence-corrected chi connectivity index (χ0v) is 20.8. The van der Waals surface area contributed by atoms with Crippen molar-refractivity contribution in [2.75, 3.05) is 11.9 Å². The van der Waals surface area contributed by atoms with E-state index >= 15 is 4.39 Å². The van der Waals surface area contributed by atoms with Crippen molar-refractivity contribution in [2.24, 2.45) is 0 Å². The minimum Gasteiger partial charge on any atom is -0.459 e. The van der Waals surface area contributed by atoms with Gasteiger partial charge in [-0.05, 0) is 24.3 Å². The number of rotatable bonds is 8. The Balaban J connectivity index is 1.41. The molecule has 39 heavy (non-hydrogen) atoms. The molecule has 0 bridgehead atoms. The van der Waals surface area contributed by atoms with Crippen LogP contribution in [0, 0.1) is 0 Å². The van der Waals surface area contributed by atoms with Crippen molar-refractivity contribution in [1.29, 1.82) is 0 Å². The highest BCUT2D eigenvalue weighted by molar-refractivity contribution is 5.96. The van der Waals surface area contributed by atoms with Crippen molar-refractivity contribution in [3.05, 3.63) is 84.4 Å². The number of carbonyl (C=O) groups is 3. The summed E-state index contributed by atoms with van der Waals surface area (Å²) in [6.45, 7) is 1.31. The predicted octanol–water partition coefficient (Wildman–Crippen LogP) is 3.49. The number of imidazole rings is 1. The first-order valence-corrected chi connectivity index (χ1v) is 12.2. The standard InChI is InChI=1S/C27H24FN5O6/c1-2-19(34)32-23-21-24(30-14-29-23)33(15-31-21)25-20(28)22(39-27(36)17-11-7-4-8-12-17)18(38-25)13-37-26(35)16-9-5-3-6-10-16/h3-12,14-15,18,20,22,25H,2,13H2,1H3,(H,29,30,32,34)/t18-,20-,22?,25-/m1/s1. The quantitative estimate of drug-likeness (QED) is 0.338. The number of carbonyl (C=O) groups excluding carboxylic acids is 3. The summed E-state index contributed by atoms with van der Waals surface area (Å²) in [4.78, 5) is 49.7. The van der Waals surface area contributed by atoms with Crippen LogP contribution in [0.4, 0.5) is 10.2 Å². The first-order valence-electron chi connectivity index (χ1n) is 12.2. The Hall–Kier alpha value is -4.71. The van der Waals surface area contributed by atoms with E-state index in [0.29, 0.717) is 5.56 Å². The zero-order chi connectivity index (χ0) is 27.4. The molecule has 1 N–H and O–H groups in total. The fourth-order valence-corrected chi connectivity index (χ4v) is 4.12. The Morgan fingerprint density at radius 3 is 2.31 bits per heavy atom. The number of anilines is 1. The van der Waals surface area contributed by atoms with Crippen molar-refractivity contribution in [2.45, 2.75) is 38.0 Å². The van der Waals surface area contributed by atoms with E-state index < -0.39 is 36.5 Å². The summed E-state index contributed by atoms with van der Waals surface area (Å²) in [5, 5.41) is 2.63. The van der Waals surface area contributed by atoms with Gasteiger partial charge in [-0.15, -0.1) is 0 Å². The van der Waals surface area contributed by atoms with Crippen LogP contribution in [0.3, 0.4) is 0 Å². The number of alkyl halides is 1. The molecule has 4 atom stereocenters. The number of benzene rings is 2. The summed E-state index contributed by atoms with van der Waals surface area (Å²) in [5.41, 5.74) is 0.956. The average Bonchev–Trinajstić information content (AvgIpc) is 3.54. The normalized spacial score (nSPS) is 20.5. The molecule has 0 radical (unpaired) electrons. The molecule has 1 aliphatic heterocycles. The third kappa shape index (κ3) is 5.46. The highest BCUT2D eigenvalue weighted by atomic mass is 19.1. The summed E-state index contributed by atoms with van der Waals surface area (Å²) in [6, 6.07) is 16.4. The highest BCUT2D eigenvalue weighted by Crippen LogP contribution is 2.36. The van der Waals surface area contributed by atoms with Crippen LogP contribution >= 0.6 is 0 Å². The minimum absolute atomic E-state index is 0.166. The fourth-order valence-electron chi connectivity index (χ4n) is 4.12. The molecule has 1 unspecified atom stereocenters. The van der Waals surface area contributed by atoms with Crippen molar-refractivity contribution in [3.8, 4) is 0 Å². The number of hydrogen-bond donors (Lipinski definition) is 1. The van der Waals surface area contributed by atoms with Gasteiger partial charge in [0.1, 0.15) is 19.0 Å². The average molecular weight is 534 g/mol. The van der Waals surface area contributed by atoms with Gasteiger partial charge in [-0.1, -0.05) is 43.3 Å². The number of amides is 1. The summed E-state index contributed by atoms with van der Waals surface area (Å²) >= 11 is 0. The van der Waals surface area contributed by atoms with E-state index in [0.717, 1.165) is 0 Å². The minimum atomic E-state index is -1.88. The molecule has 200 valence electrons. The first kappa shape index (κ1) is 25.9. The smallest absolute Gasteiger partial charge is 0.338 e. The molecule has 0 aliphatic carbocycles. The van der Waals surface area contributed by atoms with Crippen molar-refractivity contribution < 1.29 is 33.0 Å². The van der Waals surface area contributed by atoms with Crippen LogP contribution in [0.25, 0.3) is 11.2 Å². The second-order valence-corrected chi connectivity index (χ2v) is 8.66. The van der Waals surface area contributed by atoms with Crippen LogP contribution < -0.4 is 5.32 Å². The van der Waals surface area contributed by atoms with E-state index in [2.05, 4.69) is 20.3 Å². The fraction of sp³-hybridized carbons (Fsp3) is 0.259. The van der Waals surface area contributed by atoms with Gasteiger partial charge in [0, 0.05) is 6.42 Å². The van der Waals surface area contributed by atoms with E-state index in [1.807, 2.05) is 0 Å². The number of halogens is 1. The van der Waals surface area contributed by atoms with Crippen molar-refractivity contribution >= 4 is 34.8 Å². The molecule has 1 aliphatic rings. The van der Waals surface area contributed by atoms with Gasteiger partial charge < -0.3 is 19.5 Å². The molecular weight excluding hydrogens is 509 g/mol. The van der Waals surface area contributed by atoms with Crippen molar-refractivity contribution in [3.63, 3.8) is 0 Å². The van der Waals surface area contributed by atoms with E-state index in [1.54, 1.807) is 67.6 Å². The Bertz CT molecular complexity index is 1480. The van der Waals surface area contributed by atoms with Gasteiger partial charge in [-0.3, -0.25) is 9.36 Å². The number of esters is 2. The Morgan fingerprint density at radius 2 is 1.64 bits per heavy atom. The number of fused-ring (bicyclic) bond motifs is 1. The van der Waals surface area contributed by atoms with Crippen LogP contribution in [0.2, 0.25) is 0 Å². The predicted molar refractivity (Wildman–Crippen MR) is 135 cm³/mol. The lowest BCUT2D eigenvalue weighted by Crippen LogP contribution is -2.37. The third-order valence-corrected chi connectivity index (χ3v) is 6.12. The Kier molecular flexibility index (Phi) is 7.55. The molecule has 1 fully saturated rings. The van der Waals surface area contributed by atoms with Crippen molar-refractivity contribution in [1.82, 2.24) is 19.5 Å². The summed E-state index contributed by atoms with van der Waals surface area (Å²) in [7, 11) is 0. The summed E-state index contributed by atoms with van der Waals surface area (Å²) in [5.74, 6) is -1.50. The topological polar surface area (TPSA) is 135 Å². The van der Waals surface area contributed by atoms with Gasteiger partial charge in [-0.25, -0.2) is 28.9 Å². The lowest BCUT2D eigenvalue weighted by Gasteiger charge is -2.19. The molecule has 3 heterocycles. The molecule has 11 nitrogen and oxygen atoms in total. The van der Waals surface area contributed by atoms with Gasteiger partial charge in [0.05, 0.1) is 17.5 Å². The molecule has 1 saturated heterocycles. The second-order valence-electron chi connectivity index (χ2n) is 8.66. The highest BCUT2D eigenvalue weighted by Gasteiger charge is 2.50. The van der Waals surface area contributed by atoms with E-state index in [1.165, 1.54) is 17.2 Å². The second kappa shape index (κ2) is 11.4. The number of ether oxygens (including phenoxy) is 3. The maximum atomic E-state index is 16.0. The van der Waals surface area contributed by atoms with Gasteiger partial charge >= 0.3 is 11.9 Å². The third-order valence-electron chi connectivity index (χ3n) is 6.12. The molecule has 0 saturated carbocycles. The SMILES string of the molecule is CCC(=O)Nc1ncnc2c1ncn2[C@@H]1O[C@H](COC(=O)c2ccccc2)C(OC(=O)c2ccccc2)[C@H]1F. The van der Waals surface area contributed by atoms with E-state index in [4.69, 9.17) is 14.2 Å². The molecule has 5 rings (SSSR count). The number of aromatic nitrogens is 4. The zero-order valence-electron chi connectivity index (χ0n) is 20.8. The number of nitrogens with zero attached hydrogens (tertiary/aromatic N) is 4. The van der Waals surface area contributed by atoms with Gasteiger partial charge in [0.2, 0.25) is 5.91 Å². The van der Waals surface area contributed by atoms with Crippen LogP contribution in [-0.4, -0.2) is 62.4 Å². The van der Waals surface area contributed by atoms with Gasteiger partial charge in [0.15, 0.2) is 35.5 Å². The monoisotopic (exact) mass is 533 g/mol. The van der Waals surface area contributed by atoms with Crippen LogP contribution in [0.1, 0.15) is 40.3 Å². The number of nitrogens with one attached hydrogen (secondary N) is 1. The molecule has 2 aromatic heterocycles. The molecule has 1 amide bonds. The first-order chi connectivity index (χ1) is 19.0. The largest absolute Gasteiger partial charge is 0.459 e. The molecule has 4 aromatic rings. The summed E-state index contributed by atoms with van der Waals surface area (Å²) < 4.78 is 34.2. The van der Waals surface area contributed by atoms with Gasteiger partial charge in [0.25, 0.3) is 0 Å². The summed E-state index contributed by atoms with van der Waals surface area (Å²) in [6.07, 6.45) is -3.02. The number of hydrogen-bond acceptors (Lipinski definition) is 9. The van der Waals surface area contributed by atoms with E-state index in [9.17, 15) is 14.4 Å². The molecule has 12 heteroatoms. The Labute approximate surface area is 221 Å². The van der Waals surface area contributed by atoms with Gasteiger partial charge in [-0.2, -0.15) is 0 Å². The van der Waals surface area contributed by atoms with Crippen LogP contribution in [0.5, 0.6) is 0 Å². The molecule has 0 spiro atoms. The molecular formula is C27H24FN5O6. The lowest BCUT2D eigenvalue weighted by atomic mass is 10.1. The Morgan fingerprint density at radius 1 is 0.974 bits per heavy atom. The van der Waals surface area contributed by atoms with E-state index in [-0.39, 0.29) is 41.5 Å².